The molecule has 0 aliphatic heterocycles. The smallest absolute Gasteiger partial charge is 0.0561 e. The summed E-state index contributed by atoms with van der Waals surface area (Å²) < 4.78 is 0. The van der Waals surface area contributed by atoms with Crippen LogP contribution in [0.15, 0.2) is 35.7 Å². The number of benzene rings is 1. The van der Waals surface area contributed by atoms with Gasteiger partial charge in [-0.15, -0.1) is 11.3 Å². The van der Waals surface area contributed by atoms with Crippen molar-refractivity contribution in [3.05, 3.63) is 57.3 Å². The molecule has 2 aromatic rings. The van der Waals surface area contributed by atoms with Crippen molar-refractivity contribution in [2.75, 3.05) is 0 Å². The van der Waals surface area contributed by atoms with Crippen LogP contribution < -0.4 is 11.3 Å². The third kappa shape index (κ3) is 2.34. The number of aryl methyl sites for hydroxylation is 1. The van der Waals surface area contributed by atoms with Crippen molar-refractivity contribution in [3.63, 3.8) is 0 Å². The fraction of sp³-hybridized carbons (Fsp3) is 0.375. The highest BCUT2D eigenvalue weighted by Gasteiger charge is 2.29. The highest BCUT2D eigenvalue weighted by Crippen LogP contribution is 2.41. The highest BCUT2D eigenvalue weighted by molar-refractivity contribution is 7.10. The number of thiophene rings is 1. The predicted molar refractivity (Wildman–Crippen MR) is 81.3 cm³/mol. The zero-order valence-electron chi connectivity index (χ0n) is 11.2. The molecule has 0 saturated heterocycles. The van der Waals surface area contributed by atoms with E-state index in [1.165, 1.54) is 28.0 Å². The van der Waals surface area contributed by atoms with E-state index in [4.69, 9.17) is 5.84 Å². The van der Waals surface area contributed by atoms with Crippen molar-refractivity contribution in [3.8, 4) is 0 Å². The van der Waals surface area contributed by atoms with Crippen molar-refractivity contribution >= 4 is 11.3 Å². The van der Waals surface area contributed by atoms with Crippen LogP contribution in [0.2, 0.25) is 0 Å². The molecule has 0 bridgehead atoms. The molecule has 0 saturated carbocycles. The first kappa shape index (κ1) is 12.9. The zero-order chi connectivity index (χ0) is 13.2. The van der Waals surface area contributed by atoms with Crippen LogP contribution in [-0.2, 0) is 12.8 Å². The molecule has 2 nitrogen and oxygen atoms in total. The van der Waals surface area contributed by atoms with Gasteiger partial charge in [0.1, 0.15) is 0 Å². The zero-order valence-corrected chi connectivity index (χ0v) is 12.0. The lowest BCUT2D eigenvalue weighted by atomic mass is 9.74. The Kier molecular flexibility index (Phi) is 3.69. The summed E-state index contributed by atoms with van der Waals surface area (Å²) >= 11 is 1.82. The standard InChI is InChI=1S/C16H20N2S/c1-2-11-7-8-19-16(11)15(18-17)10-13-9-12-5-3-4-6-14(12)13/h3-8,13,15,18H,2,9-10,17H2,1H3. The molecule has 1 aromatic carbocycles. The number of hydrogen-bond acceptors (Lipinski definition) is 3. The fourth-order valence-corrected chi connectivity index (χ4v) is 4.12. The summed E-state index contributed by atoms with van der Waals surface area (Å²) in [5.41, 5.74) is 7.47. The summed E-state index contributed by atoms with van der Waals surface area (Å²) in [5.74, 6) is 6.45. The maximum Gasteiger partial charge on any atom is 0.0561 e. The van der Waals surface area contributed by atoms with Crippen LogP contribution in [0.1, 0.15) is 46.9 Å². The lowest BCUT2D eigenvalue weighted by Gasteiger charge is -2.33. The van der Waals surface area contributed by atoms with Crippen molar-refractivity contribution in [1.82, 2.24) is 5.43 Å². The van der Waals surface area contributed by atoms with E-state index in [0.29, 0.717) is 5.92 Å². The van der Waals surface area contributed by atoms with Gasteiger partial charge >= 0.3 is 0 Å². The quantitative estimate of drug-likeness (QED) is 0.645. The first-order valence-electron chi connectivity index (χ1n) is 6.93. The monoisotopic (exact) mass is 272 g/mol. The van der Waals surface area contributed by atoms with E-state index in [1.807, 2.05) is 11.3 Å². The van der Waals surface area contributed by atoms with Gasteiger partial charge < -0.3 is 0 Å². The molecule has 1 aliphatic rings. The van der Waals surface area contributed by atoms with Crippen LogP contribution in [0.4, 0.5) is 0 Å². The number of nitrogens with two attached hydrogens (primary N) is 1. The molecule has 1 aromatic heterocycles. The fourth-order valence-electron chi connectivity index (χ4n) is 3.05. The summed E-state index contributed by atoms with van der Waals surface area (Å²) in [6, 6.07) is 11.3. The molecule has 1 heterocycles. The minimum Gasteiger partial charge on any atom is -0.271 e. The molecule has 19 heavy (non-hydrogen) atoms. The molecule has 0 radical (unpaired) electrons. The van der Waals surface area contributed by atoms with Gasteiger partial charge in [0.15, 0.2) is 0 Å². The normalized spacial score (nSPS) is 18.7. The Labute approximate surface area is 118 Å². The van der Waals surface area contributed by atoms with Crippen LogP contribution in [0.25, 0.3) is 0 Å². The van der Waals surface area contributed by atoms with E-state index < -0.39 is 0 Å². The van der Waals surface area contributed by atoms with Crippen molar-refractivity contribution in [1.29, 1.82) is 0 Å². The molecule has 2 unspecified atom stereocenters. The summed E-state index contributed by atoms with van der Waals surface area (Å²) in [6.45, 7) is 2.21. The largest absolute Gasteiger partial charge is 0.271 e. The predicted octanol–water partition coefficient (Wildman–Crippen LogP) is 3.54. The molecule has 2 atom stereocenters. The first-order chi connectivity index (χ1) is 9.33. The Morgan fingerprint density at radius 1 is 1.37 bits per heavy atom. The van der Waals surface area contributed by atoms with Gasteiger partial charge in [-0.2, -0.15) is 0 Å². The lowest BCUT2D eigenvalue weighted by Crippen LogP contribution is -2.31. The van der Waals surface area contributed by atoms with Crippen LogP contribution in [-0.4, -0.2) is 0 Å². The second-order valence-corrected chi connectivity index (χ2v) is 6.17. The van der Waals surface area contributed by atoms with Crippen molar-refractivity contribution < 1.29 is 0 Å². The van der Waals surface area contributed by atoms with E-state index >= 15 is 0 Å². The van der Waals surface area contributed by atoms with Crippen LogP contribution in [0, 0.1) is 0 Å². The summed E-state index contributed by atoms with van der Waals surface area (Å²) in [5, 5.41) is 2.17. The van der Waals surface area contributed by atoms with Crippen LogP contribution >= 0.6 is 11.3 Å². The minimum absolute atomic E-state index is 0.285. The summed E-state index contributed by atoms with van der Waals surface area (Å²) in [7, 11) is 0. The lowest BCUT2D eigenvalue weighted by molar-refractivity contribution is 0.438. The molecule has 3 N–H and O–H groups in total. The molecule has 3 heteroatoms. The maximum absolute atomic E-state index is 5.79. The molecule has 100 valence electrons. The van der Waals surface area contributed by atoms with Crippen LogP contribution in [0.3, 0.4) is 0 Å². The number of fused-ring (bicyclic) bond motifs is 1. The second-order valence-electron chi connectivity index (χ2n) is 5.22. The van der Waals surface area contributed by atoms with Crippen molar-refractivity contribution in [2.45, 2.75) is 38.1 Å². The molecule has 0 amide bonds. The van der Waals surface area contributed by atoms with E-state index in [1.54, 1.807) is 0 Å². The topological polar surface area (TPSA) is 38.0 Å². The third-order valence-electron chi connectivity index (χ3n) is 4.16. The number of hydrazine groups is 1. The molecular formula is C16H20N2S. The maximum atomic E-state index is 5.79. The molecule has 0 fully saturated rings. The highest BCUT2D eigenvalue weighted by atomic mass is 32.1. The summed E-state index contributed by atoms with van der Waals surface area (Å²) in [4.78, 5) is 1.41. The Balaban J connectivity index is 1.76. The molecular weight excluding hydrogens is 252 g/mol. The van der Waals surface area contributed by atoms with Gasteiger partial charge in [0.2, 0.25) is 0 Å². The van der Waals surface area contributed by atoms with Gasteiger partial charge in [-0.25, -0.2) is 0 Å². The van der Waals surface area contributed by atoms with Gasteiger partial charge in [-0.05, 0) is 53.3 Å². The Morgan fingerprint density at radius 3 is 2.95 bits per heavy atom. The average Bonchev–Trinajstić information content (AvgIpc) is 2.88. The van der Waals surface area contributed by atoms with Gasteiger partial charge in [0, 0.05) is 4.88 Å². The van der Waals surface area contributed by atoms with Gasteiger partial charge in [-0.1, -0.05) is 31.2 Å². The van der Waals surface area contributed by atoms with E-state index in [0.717, 1.165) is 12.8 Å². The Bertz CT molecular complexity index is 561. The number of nitrogens with one attached hydrogen (secondary N) is 1. The van der Waals surface area contributed by atoms with Gasteiger partial charge in [0.25, 0.3) is 0 Å². The number of rotatable bonds is 5. The van der Waals surface area contributed by atoms with Crippen molar-refractivity contribution in [2.24, 2.45) is 5.84 Å². The number of hydrogen-bond donors (Lipinski definition) is 2. The molecule has 0 spiro atoms. The minimum atomic E-state index is 0.285. The first-order valence-corrected chi connectivity index (χ1v) is 7.81. The summed E-state index contributed by atoms with van der Waals surface area (Å²) in [6.07, 6.45) is 3.38. The van der Waals surface area contributed by atoms with E-state index in [2.05, 4.69) is 48.1 Å². The van der Waals surface area contributed by atoms with E-state index in [9.17, 15) is 0 Å². The Morgan fingerprint density at radius 2 is 2.21 bits per heavy atom. The molecule has 1 aliphatic carbocycles. The Hall–Kier alpha value is -1.16. The average molecular weight is 272 g/mol. The third-order valence-corrected chi connectivity index (χ3v) is 5.23. The van der Waals surface area contributed by atoms with Crippen LogP contribution in [0.5, 0.6) is 0 Å². The van der Waals surface area contributed by atoms with E-state index in [-0.39, 0.29) is 6.04 Å². The molecule has 3 rings (SSSR count). The van der Waals surface area contributed by atoms with Gasteiger partial charge in [0.05, 0.1) is 6.04 Å². The second kappa shape index (κ2) is 5.45. The SMILES string of the molecule is CCc1ccsc1C(CC1Cc2ccccc21)NN. The van der Waals surface area contributed by atoms with Gasteiger partial charge in [-0.3, -0.25) is 11.3 Å².